The Labute approximate surface area is 436 Å². The Kier molecular flexibility index (Phi) is 42.0. The van der Waals surface area contributed by atoms with Gasteiger partial charge in [-0.05, 0) is 32.7 Å². The van der Waals surface area contributed by atoms with Gasteiger partial charge in [0.25, 0.3) is 0 Å². The van der Waals surface area contributed by atoms with E-state index in [0.29, 0.717) is 13.2 Å². The molecule has 0 bridgehead atoms. The van der Waals surface area contributed by atoms with Gasteiger partial charge in [-0.3, -0.25) is 9.59 Å². The molecule has 0 aromatic heterocycles. The fourth-order valence-corrected chi connectivity index (χ4v) is 11.1. The average molecular weight is 989 g/mol. The summed E-state index contributed by atoms with van der Waals surface area (Å²) in [6.45, 7) is 12.1. The lowest BCUT2D eigenvalue weighted by Gasteiger charge is -2.48. The number of carbonyl (C=O) groups excluding carboxylic acids is 2. The second-order valence-corrected chi connectivity index (χ2v) is 23.3. The van der Waals surface area contributed by atoms with Crippen molar-refractivity contribution in [3.63, 3.8) is 0 Å². The van der Waals surface area contributed by atoms with Gasteiger partial charge < -0.3 is 23.8 Å². The molecule has 2 aliphatic heterocycles. The quantitative estimate of drug-likeness (QED) is 0.0444. The van der Waals surface area contributed by atoms with Crippen LogP contribution in [-0.2, 0) is 28.5 Å². The maximum Gasteiger partial charge on any atom is 0.308 e. The SMILES string of the molecule is CCCCCCCCCCCCC(CCCCCCCCCCCC)C(=O)OCC1(COC(=O)C(CCCCCCCCCCCC)CCCCCCCCCCCC)COC2(CCN(C)CC2)OC1. The van der Waals surface area contributed by atoms with Gasteiger partial charge in [-0.15, -0.1) is 0 Å². The highest BCUT2D eigenvalue weighted by Gasteiger charge is 2.48. The van der Waals surface area contributed by atoms with Crippen LogP contribution in [0.4, 0.5) is 0 Å². The molecule has 1 spiro atoms. The molecule has 2 aliphatic rings. The summed E-state index contributed by atoms with van der Waals surface area (Å²) in [7, 11) is 2.15. The third-order valence-corrected chi connectivity index (χ3v) is 16.4. The largest absolute Gasteiger partial charge is 0.465 e. The summed E-state index contributed by atoms with van der Waals surface area (Å²) in [6.07, 6.45) is 57.0. The van der Waals surface area contributed by atoms with Crippen molar-refractivity contribution in [2.45, 2.75) is 329 Å². The maximum absolute atomic E-state index is 14.2. The van der Waals surface area contributed by atoms with Crippen LogP contribution in [0.3, 0.4) is 0 Å². The molecule has 2 saturated heterocycles. The minimum atomic E-state index is -0.711. The van der Waals surface area contributed by atoms with Crippen molar-refractivity contribution in [2.24, 2.45) is 17.3 Å². The molecular formula is C63H121NO6. The minimum absolute atomic E-state index is 0.0723. The Bertz CT molecular complexity index is 1040. The number of ether oxygens (including phenoxy) is 4. The highest BCUT2D eigenvalue weighted by molar-refractivity contribution is 5.73. The van der Waals surface area contributed by atoms with E-state index >= 15 is 0 Å². The molecule has 0 aliphatic carbocycles. The lowest BCUT2D eigenvalue weighted by atomic mass is 9.88. The number of hydrogen-bond acceptors (Lipinski definition) is 7. The van der Waals surface area contributed by atoms with Crippen LogP contribution < -0.4 is 0 Å². The normalized spacial score (nSPS) is 15.9. The molecule has 0 atom stereocenters. The van der Waals surface area contributed by atoms with E-state index in [1.54, 1.807) is 0 Å². The number of carbonyl (C=O) groups is 2. The first-order valence-corrected chi connectivity index (χ1v) is 31.6. The number of nitrogens with zero attached hydrogens (tertiary/aromatic N) is 1. The molecule has 0 radical (unpaired) electrons. The second kappa shape index (κ2) is 45.2. The molecular weight excluding hydrogens is 867 g/mol. The first kappa shape index (κ1) is 64.9. The number of hydrogen-bond donors (Lipinski definition) is 0. The predicted molar refractivity (Wildman–Crippen MR) is 299 cm³/mol. The molecule has 70 heavy (non-hydrogen) atoms. The smallest absolute Gasteiger partial charge is 0.308 e. The van der Waals surface area contributed by atoms with E-state index in [4.69, 9.17) is 18.9 Å². The molecule has 0 aromatic rings. The minimum Gasteiger partial charge on any atom is -0.465 e. The fraction of sp³-hybridized carbons (Fsp3) is 0.968. The first-order valence-electron chi connectivity index (χ1n) is 31.6. The van der Waals surface area contributed by atoms with E-state index in [2.05, 4.69) is 39.6 Å². The van der Waals surface area contributed by atoms with Gasteiger partial charge in [-0.25, -0.2) is 0 Å². The van der Waals surface area contributed by atoms with Crippen molar-refractivity contribution in [1.29, 1.82) is 0 Å². The molecule has 414 valence electrons. The Morgan fingerprint density at radius 1 is 0.386 bits per heavy atom. The predicted octanol–water partition coefficient (Wildman–Crippen LogP) is 19.0. The van der Waals surface area contributed by atoms with Crippen molar-refractivity contribution >= 4 is 11.9 Å². The van der Waals surface area contributed by atoms with Crippen molar-refractivity contribution in [2.75, 3.05) is 46.6 Å². The molecule has 0 unspecified atom stereocenters. The summed E-state index contributed by atoms with van der Waals surface area (Å²) in [6, 6.07) is 0. The van der Waals surface area contributed by atoms with Crippen LogP contribution in [0.2, 0.25) is 0 Å². The van der Waals surface area contributed by atoms with Gasteiger partial charge in [0.2, 0.25) is 0 Å². The Morgan fingerprint density at radius 2 is 0.614 bits per heavy atom. The summed E-state index contributed by atoms with van der Waals surface area (Å²) in [4.78, 5) is 30.8. The van der Waals surface area contributed by atoms with Gasteiger partial charge >= 0.3 is 11.9 Å². The van der Waals surface area contributed by atoms with Crippen LogP contribution in [0.25, 0.3) is 0 Å². The van der Waals surface area contributed by atoms with Gasteiger partial charge in [0, 0.05) is 25.9 Å². The van der Waals surface area contributed by atoms with Crippen LogP contribution in [0.1, 0.15) is 323 Å². The molecule has 0 N–H and O–H groups in total. The van der Waals surface area contributed by atoms with Crippen LogP contribution in [0.5, 0.6) is 0 Å². The lowest BCUT2D eigenvalue weighted by Crippen LogP contribution is -2.57. The highest BCUT2D eigenvalue weighted by Crippen LogP contribution is 2.38. The van der Waals surface area contributed by atoms with E-state index in [0.717, 1.165) is 77.3 Å². The molecule has 0 amide bonds. The molecule has 2 heterocycles. The molecule has 0 saturated carbocycles. The molecule has 7 nitrogen and oxygen atoms in total. The summed E-state index contributed by atoms with van der Waals surface area (Å²) in [5.41, 5.74) is -0.711. The van der Waals surface area contributed by atoms with Crippen LogP contribution in [0.15, 0.2) is 0 Å². The first-order chi connectivity index (χ1) is 34.3. The van der Waals surface area contributed by atoms with Gasteiger partial charge in [-0.1, -0.05) is 285 Å². The summed E-state index contributed by atoms with van der Waals surface area (Å²) >= 11 is 0. The lowest BCUT2D eigenvalue weighted by molar-refractivity contribution is -0.325. The highest BCUT2D eigenvalue weighted by atomic mass is 16.7. The molecule has 7 heteroatoms. The van der Waals surface area contributed by atoms with E-state index in [9.17, 15) is 9.59 Å². The van der Waals surface area contributed by atoms with Gasteiger partial charge in [-0.2, -0.15) is 0 Å². The number of unbranched alkanes of at least 4 members (excludes halogenated alkanes) is 36. The van der Waals surface area contributed by atoms with Gasteiger partial charge in [0.1, 0.15) is 13.2 Å². The Morgan fingerprint density at radius 3 is 0.857 bits per heavy atom. The standard InChI is InChI=1S/C63H121NO6/c1-6-10-14-18-22-26-30-34-38-42-46-58(47-43-39-35-31-27-23-19-15-11-7-2)60(65)67-54-62(56-69-63(70-57-62)50-52-64(5)53-51-63)55-68-61(66)59(48-44-40-36-32-28-24-20-16-12-8-3)49-45-41-37-33-29-25-21-17-13-9-4/h58-59H,6-57H2,1-5H3. The van der Waals surface area contributed by atoms with Gasteiger partial charge in [0.05, 0.1) is 30.5 Å². The molecule has 2 fully saturated rings. The number of rotatable bonds is 50. The zero-order valence-corrected chi connectivity index (χ0v) is 47.8. The van der Waals surface area contributed by atoms with Crippen molar-refractivity contribution in [3.05, 3.63) is 0 Å². The summed E-state index contributed by atoms with van der Waals surface area (Å²) < 4.78 is 26.2. The topological polar surface area (TPSA) is 74.3 Å². The molecule has 0 aromatic carbocycles. The van der Waals surface area contributed by atoms with E-state index in [1.807, 2.05) is 0 Å². The third kappa shape index (κ3) is 33.6. The summed E-state index contributed by atoms with van der Waals surface area (Å²) in [5, 5.41) is 0. The van der Waals surface area contributed by atoms with Crippen molar-refractivity contribution < 1.29 is 28.5 Å². The third-order valence-electron chi connectivity index (χ3n) is 16.4. The van der Waals surface area contributed by atoms with Crippen LogP contribution in [-0.4, -0.2) is 69.2 Å². The number of esters is 2. The average Bonchev–Trinajstić information content (AvgIpc) is 3.37. The van der Waals surface area contributed by atoms with Crippen LogP contribution >= 0.6 is 0 Å². The van der Waals surface area contributed by atoms with E-state index < -0.39 is 11.2 Å². The van der Waals surface area contributed by atoms with E-state index in [1.165, 1.54) is 231 Å². The van der Waals surface area contributed by atoms with Crippen molar-refractivity contribution in [1.82, 2.24) is 4.90 Å². The monoisotopic (exact) mass is 988 g/mol. The zero-order valence-electron chi connectivity index (χ0n) is 47.8. The fourth-order valence-electron chi connectivity index (χ4n) is 11.1. The number of piperidine rings is 1. The second-order valence-electron chi connectivity index (χ2n) is 23.3. The van der Waals surface area contributed by atoms with Gasteiger partial charge in [0.15, 0.2) is 5.79 Å². The Balaban J connectivity index is 2.06. The number of likely N-dealkylation sites (tertiary alicyclic amines) is 1. The van der Waals surface area contributed by atoms with Crippen LogP contribution in [0, 0.1) is 17.3 Å². The Hall–Kier alpha value is -1.18. The molecule has 2 rings (SSSR count). The summed E-state index contributed by atoms with van der Waals surface area (Å²) in [5.74, 6) is -0.918. The zero-order chi connectivity index (χ0) is 50.5. The van der Waals surface area contributed by atoms with E-state index in [-0.39, 0.29) is 37.0 Å². The van der Waals surface area contributed by atoms with Crippen molar-refractivity contribution in [3.8, 4) is 0 Å². The maximum atomic E-state index is 14.2.